The van der Waals surface area contributed by atoms with Gasteiger partial charge >= 0.3 is 0 Å². The Morgan fingerprint density at radius 3 is 2.93 bits per heavy atom. The highest BCUT2D eigenvalue weighted by atomic mass is 16.5. The van der Waals surface area contributed by atoms with Crippen LogP contribution in [0.2, 0.25) is 0 Å². The normalized spacial score (nSPS) is 30.6. The topological polar surface area (TPSA) is 29.5 Å². The number of aliphatic hydroxyl groups is 1. The monoisotopic (exact) mass is 194 g/mol. The highest BCUT2D eigenvalue weighted by Crippen LogP contribution is 2.38. The summed E-state index contributed by atoms with van der Waals surface area (Å²) in [5.41, 5.74) is 2.22. The van der Waals surface area contributed by atoms with Gasteiger partial charge in [-0.25, -0.2) is 0 Å². The van der Waals surface area contributed by atoms with Gasteiger partial charge in [-0.15, -0.1) is 0 Å². The molecule has 2 heteroatoms. The number of ether oxygens (including phenoxy) is 1. The predicted octanol–water partition coefficient (Wildman–Crippen LogP) is 2.54. The summed E-state index contributed by atoms with van der Waals surface area (Å²) in [6.45, 7) is 6.18. The average molecular weight is 194 g/mol. The molecular weight excluding hydrogens is 176 g/mol. The summed E-state index contributed by atoms with van der Waals surface area (Å²) >= 11 is 0. The molecule has 2 rings (SSSR count). The van der Waals surface area contributed by atoms with Crippen molar-refractivity contribution in [2.24, 2.45) is 0 Å². The highest BCUT2D eigenvalue weighted by Gasteiger charge is 2.34. The van der Waals surface area contributed by atoms with Crippen molar-refractivity contribution in [1.29, 1.82) is 0 Å². The third kappa shape index (κ3) is 1.71. The van der Waals surface area contributed by atoms with E-state index in [4.69, 9.17) is 4.74 Å². The molecule has 0 bridgehead atoms. The molecule has 0 saturated heterocycles. The van der Waals surface area contributed by atoms with Gasteiger partial charge in [0.25, 0.3) is 0 Å². The second-order valence-corrected chi connectivity index (χ2v) is 4.96. The van der Waals surface area contributed by atoms with Crippen LogP contribution in [0.15, 0.2) is 23.0 Å². The van der Waals surface area contributed by atoms with Crippen molar-refractivity contribution in [2.45, 2.75) is 51.7 Å². The Balaban J connectivity index is 2.26. The maximum atomic E-state index is 9.96. The number of hydrogen-bond acceptors (Lipinski definition) is 2. The second-order valence-electron chi connectivity index (χ2n) is 4.96. The molecule has 1 aliphatic carbocycles. The fourth-order valence-electron chi connectivity index (χ4n) is 2.22. The molecule has 0 amide bonds. The molecule has 78 valence electrons. The van der Waals surface area contributed by atoms with E-state index in [0.29, 0.717) is 6.42 Å². The van der Waals surface area contributed by atoms with Crippen molar-refractivity contribution in [3.05, 3.63) is 23.0 Å². The van der Waals surface area contributed by atoms with Gasteiger partial charge in [0.15, 0.2) is 0 Å². The Hall–Kier alpha value is -0.760. The largest absolute Gasteiger partial charge is 0.492 e. The Labute approximate surface area is 85.3 Å². The van der Waals surface area contributed by atoms with Gasteiger partial charge in [0.2, 0.25) is 0 Å². The molecule has 0 saturated carbocycles. The average Bonchev–Trinajstić information content (AvgIpc) is 2.00. The van der Waals surface area contributed by atoms with Crippen molar-refractivity contribution in [2.75, 3.05) is 0 Å². The van der Waals surface area contributed by atoms with Gasteiger partial charge in [-0.2, -0.15) is 0 Å². The molecular formula is C12H18O2. The van der Waals surface area contributed by atoms with Crippen LogP contribution in [0.25, 0.3) is 0 Å². The van der Waals surface area contributed by atoms with E-state index >= 15 is 0 Å². The van der Waals surface area contributed by atoms with Crippen molar-refractivity contribution in [1.82, 2.24) is 0 Å². The van der Waals surface area contributed by atoms with Crippen LogP contribution in [0.3, 0.4) is 0 Å². The van der Waals surface area contributed by atoms with E-state index < -0.39 is 0 Å². The lowest BCUT2D eigenvalue weighted by molar-refractivity contribution is -0.0307. The maximum absolute atomic E-state index is 9.96. The second kappa shape index (κ2) is 3.13. The van der Waals surface area contributed by atoms with Crippen LogP contribution in [0, 0.1) is 0 Å². The van der Waals surface area contributed by atoms with Crippen LogP contribution in [0.1, 0.15) is 40.0 Å². The number of rotatable bonds is 0. The summed E-state index contributed by atoms with van der Waals surface area (Å²) in [7, 11) is 0. The molecule has 1 atom stereocenters. The standard InChI is InChI=1S/C12H18O2/c1-8-4-5-9-10(13)7-12(2,3)14-11(9)6-8/h4,10,13H,5-7H2,1-3H3. The molecule has 0 spiro atoms. The van der Waals surface area contributed by atoms with Gasteiger partial charge in [0.05, 0.1) is 6.10 Å². The van der Waals surface area contributed by atoms with Crippen molar-refractivity contribution >= 4 is 0 Å². The first-order valence-corrected chi connectivity index (χ1v) is 5.22. The van der Waals surface area contributed by atoms with Gasteiger partial charge in [0.1, 0.15) is 11.4 Å². The van der Waals surface area contributed by atoms with Gasteiger partial charge in [-0.05, 0) is 27.2 Å². The Morgan fingerprint density at radius 2 is 2.21 bits per heavy atom. The van der Waals surface area contributed by atoms with E-state index in [2.05, 4.69) is 13.0 Å². The Bertz CT molecular complexity index is 310. The minimum atomic E-state index is -0.307. The molecule has 0 aromatic carbocycles. The van der Waals surface area contributed by atoms with Crippen molar-refractivity contribution in [3.63, 3.8) is 0 Å². The van der Waals surface area contributed by atoms with E-state index in [9.17, 15) is 5.11 Å². The third-order valence-electron chi connectivity index (χ3n) is 2.95. The fraction of sp³-hybridized carbons (Fsp3) is 0.667. The van der Waals surface area contributed by atoms with Crippen LogP contribution in [-0.4, -0.2) is 16.8 Å². The van der Waals surface area contributed by atoms with E-state index in [1.807, 2.05) is 13.8 Å². The summed E-state index contributed by atoms with van der Waals surface area (Å²) in [6.07, 6.45) is 4.31. The predicted molar refractivity (Wildman–Crippen MR) is 55.8 cm³/mol. The zero-order chi connectivity index (χ0) is 10.3. The van der Waals surface area contributed by atoms with Crippen LogP contribution in [-0.2, 0) is 4.74 Å². The quantitative estimate of drug-likeness (QED) is 0.600. The lowest BCUT2D eigenvalue weighted by Gasteiger charge is -2.38. The number of hydrogen-bond donors (Lipinski definition) is 1. The molecule has 0 aromatic heterocycles. The zero-order valence-corrected chi connectivity index (χ0v) is 9.13. The Kier molecular flexibility index (Phi) is 2.18. The zero-order valence-electron chi connectivity index (χ0n) is 9.13. The van der Waals surface area contributed by atoms with E-state index in [1.54, 1.807) is 0 Å². The van der Waals surface area contributed by atoms with Crippen molar-refractivity contribution < 1.29 is 9.84 Å². The summed E-state index contributed by atoms with van der Waals surface area (Å²) in [5.74, 6) is 1.01. The fourth-order valence-corrected chi connectivity index (χ4v) is 2.22. The number of allylic oxidation sites excluding steroid dienone is 2. The van der Waals surface area contributed by atoms with Gasteiger partial charge in [0, 0.05) is 18.4 Å². The molecule has 1 heterocycles. The molecule has 1 unspecified atom stereocenters. The van der Waals surface area contributed by atoms with E-state index in [1.165, 1.54) is 5.57 Å². The first-order valence-electron chi connectivity index (χ1n) is 5.22. The molecule has 0 fully saturated rings. The lowest BCUT2D eigenvalue weighted by Crippen LogP contribution is -2.37. The van der Waals surface area contributed by atoms with E-state index in [-0.39, 0.29) is 11.7 Å². The summed E-state index contributed by atoms with van der Waals surface area (Å²) in [6, 6.07) is 0. The van der Waals surface area contributed by atoms with Crippen LogP contribution >= 0.6 is 0 Å². The smallest absolute Gasteiger partial charge is 0.106 e. The minimum absolute atomic E-state index is 0.212. The lowest BCUT2D eigenvalue weighted by atomic mass is 9.86. The first-order chi connectivity index (χ1) is 6.48. The van der Waals surface area contributed by atoms with Gasteiger partial charge in [-0.1, -0.05) is 11.6 Å². The van der Waals surface area contributed by atoms with Crippen molar-refractivity contribution in [3.8, 4) is 0 Å². The minimum Gasteiger partial charge on any atom is -0.492 e. The molecule has 2 nitrogen and oxygen atoms in total. The molecule has 14 heavy (non-hydrogen) atoms. The number of aliphatic hydroxyl groups excluding tert-OH is 1. The van der Waals surface area contributed by atoms with Gasteiger partial charge in [-0.3, -0.25) is 0 Å². The summed E-state index contributed by atoms with van der Waals surface area (Å²) < 4.78 is 5.90. The first kappa shape index (κ1) is 9.78. The highest BCUT2D eigenvalue weighted by molar-refractivity contribution is 5.29. The molecule has 1 N–H and O–H groups in total. The molecule has 1 aliphatic heterocycles. The Morgan fingerprint density at radius 1 is 1.50 bits per heavy atom. The van der Waals surface area contributed by atoms with Crippen LogP contribution < -0.4 is 0 Å². The maximum Gasteiger partial charge on any atom is 0.106 e. The van der Waals surface area contributed by atoms with Crippen LogP contribution in [0.4, 0.5) is 0 Å². The van der Waals surface area contributed by atoms with E-state index in [0.717, 1.165) is 24.2 Å². The third-order valence-corrected chi connectivity index (χ3v) is 2.95. The molecule has 0 radical (unpaired) electrons. The summed E-state index contributed by atoms with van der Waals surface area (Å²) in [4.78, 5) is 0. The molecule has 0 aromatic rings. The van der Waals surface area contributed by atoms with Gasteiger partial charge < -0.3 is 9.84 Å². The van der Waals surface area contributed by atoms with Crippen LogP contribution in [0.5, 0.6) is 0 Å². The summed E-state index contributed by atoms with van der Waals surface area (Å²) in [5, 5.41) is 9.96. The molecule has 2 aliphatic rings. The SMILES string of the molecule is CC1=CCC2=C(C1)OC(C)(C)CC2O.